The zero-order chi connectivity index (χ0) is 19.5. The Morgan fingerprint density at radius 1 is 0.654 bits per heavy atom. The van der Waals surface area contributed by atoms with E-state index in [4.69, 9.17) is 10.2 Å². The summed E-state index contributed by atoms with van der Waals surface area (Å²) in [6.07, 6.45) is 0. The number of carbonyl (C=O) groups is 3. The molecule has 1 heterocycles. The summed E-state index contributed by atoms with van der Waals surface area (Å²) in [5.74, 6) is -1.82. The van der Waals surface area contributed by atoms with Crippen LogP contribution in [0.15, 0.2) is 0 Å². The third-order valence-electron chi connectivity index (χ3n) is 4.29. The van der Waals surface area contributed by atoms with E-state index < -0.39 is 11.9 Å². The number of hydrogen-bond donors (Lipinski definition) is 3. The van der Waals surface area contributed by atoms with E-state index in [1.165, 1.54) is 6.92 Å². The molecule has 0 aromatic carbocycles. The van der Waals surface area contributed by atoms with Crippen LogP contribution in [0.25, 0.3) is 0 Å². The fourth-order valence-corrected chi connectivity index (χ4v) is 2.89. The molecule has 10 nitrogen and oxygen atoms in total. The molecule has 0 bridgehead atoms. The van der Waals surface area contributed by atoms with E-state index in [2.05, 4.69) is 0 Å². The van der Waals surface area contributed by atoms with Gasteiger partial charge in [0, 0.05) is 52.4 Å². The zero-order valence-electron chi connectivity index (χ0n) is 15.3. The van der Waals surface area contributed by atoms with Gasteiger partial charge in [-0.25, -0.2) is 0 Å². The van der Waals surface area contributed by atoms with Gasteiger partial charge in [-0.15, -0.1) is 0 Å². The van der Waals surface area contributed by atoms with Crippen molar-refractivity contribution in [1.82, 2.24) is 19.6 Å². The van der Waals surface area contributed by atoms with Gasteiger partial charge in [0.15, 0.2) is 0 Å². The first-order valence-corrected chi connectivity index (χ1v) is 8.73. The van der Waals surface area contributed by atoms with Crippen molar-refractivity contribution >= 4 is 17.7 Å². The first-order chi connectivity index (χ1) is 12.3. The van der Waals surface area contributed by atoms with E-state index in [0.717, 1.165) is 0 Å². The Balaban J connectivity index is 2.82. The van der Waals surface area contributed by atoms with E-state index in [1.54, 1.807) is 14.7 Å². The summed E-state index contributed by atoms with van der Waals surface area (Å²) in [4.78, 5) is 40.9. The summed E-state index contributed by atoms with van der Waals surface area (Å²) in [6.45, 7) is 5.31. The van der Waals surface area contributed by atoms with Gasteiger partial charge in [-0.05, 0) is 6.92 Å². The van der Waals surface area contributed by atoms with Crippen LogP contribution in [0, 0.1) is 0 Å². The summed E-state index contributed by atoms with van der Waals surface area (Å²) in [5.41, 5.74) is 0. The SMILES string of the molecule is CC(=O)CN1CCN(CC(=O)O)CCN(CO)CCN(CC(=O)O)CC1. The zero-order valence-corrected chi connectivity index (χ0v) is 15.3. The number of rotatable bonds is 7. The summed E-state index contributed by atoms with van der Waals surface area (Å²) >= 11 is 0. The number of Topliss-reactive ketones (excluding diaryl/α,β-unsaturated/α-hetero) is 1. The predicted octanol–water partition coefficient (Wildman–Crippen LogP) is -2.08. The standard InChI is InChI=1S/C16H30N4O6/c1-14(22)10-17-2-4-18(11-15(23)24)6-8-20(13-21)9-7-19(5-3-17)12-16(25)26/h21H,2-13H2,1H3,(H,23,24)(H,25,26). The van der Waals surface area contributed by atoms with Crippen molar-refractivity contribution in [3.63, 3.8) is 0 Å². The maximum absolute atomic E-state index is 11.5. The average Bonchev–Trinajstić information content (AvgIpc) is 2.53. The first-order valence-electron chi connectivity index (χ1n) is 8.73. The molecule has 0 aromatic heterocycles. The fraction of sp³-hybridized carbons (Fsp3) is 0.812. The molecule has 0 atom stereocenters. The second-order valence-electron chi connectivity index (χ2n) is 6.58. The summed E-state index contributed by atoms with van der Waals surface area (Å²) in [6, 6.07) is 0. The van der Waals surface area contributed by atoms with Crippen LogP contribution in [0.1, 0.15) is 6.92 Å². The van der Waals surface area contributed by atoms with Gasteiger partial charge in [0.25, 0.3) is 0 Å². The second kappa shape index (κ2) is 11.9. The largest absolute Gasteiger partial charge is 0.480 e. The smallest absolute Gasteiger partial charge is 0.317 e. The Kier molecular flexibility index (Phi) is 10.3. The number of nitrogens with zero attached hydrogens (tertiary/aromatic N) is 4. The minimum atomic E-state index is -0.918. The number of aliphatic hydroxyl groups excluding tert-OH is 1. The van der Waals surface area contributed by atoms with Crippen molar-refractivity contribution in [2.45, 2.75) is 6.92 Å². The van der Waals surface area contributed by atoms with Crippen molar-refractivity contribution in [3.05, 3.63) is 0 Å². The minimum Gasteiger partial charge on any atom is -0.480 e. The van der Waals surface area contributed by atoms with Crippen molar-refractivity contribution < 1.29 is 29.7 Å². The van der Waals surface area contributed by atoms with Crippen LogP contribution >= 0.6 is 0 Å². The molecule has 3 N–H and O–H groups in total. The number of carboxylic acid groups (broad SMARTS) is 2. The highest BCUT2D eigenvalue weighted by molar-refractivity contribution is 5.77. The molecule has 1 rings (SSSR count). The molecule has 26 heavy (non-hydrogen) atoms. The van der Waals surface area contributed by atoms with Gasteiger partial charge in [0.05, 0.1) is 26.4 Å². The maximum Gasteiger partial charge on any atom is 0.317 e. The minimum absolute atomic E-state index is 0.0121. The van der Waals surface area contributed by atoms with Gasteiger partial charge in [-0.2, -0.15) is 0 Å². The van der Waals surface area contributed by atoms with Crippen molar-refractivity contribution in [3.8, 4) is 0 Å². The Morgan fingerprint density at radius 2 is 0.962 bits per heavy atom. The molecule has 0 radical (unpaired) electrons. The highest BCUT2D eigenvalue weighted by atomic mass is 16.4. The number of carbonyl (C=O) groups excluding carboxylic acids is 1. The molecule has 1 aliphatic heterocycles. The molecule has 10 heteroatoms. The third kappa shape index (κ3) is 9.78. The lowest BCUT2D eigenvalue weighted by molar-refractivity contribution is -0.139. The molecular formula is C16H30N4O6. The third-order valence-corrected chi connectivity index (χ3v) is 4.29. The lowest BCUT2D eigenvalue weighted by Gasteiger charge is -2.32. The highest BCUT2D eigenvalue weighted by Gasteiger charge is 2.19. The van der Waals surface area contributed by atoms with Crippen molar-refractivity contribution in [2.75, 3.05) is 78.7 Å². The van der Waals surface area contributed by atoms with E-state index in [0.29, 0.717) is 52.4 Å². The van der Waals surface area contributed by atoms with E-state index in [9.17, 15) is 19.5 Å². The molecule has 0 spiro atoms. The van der Waals surface area contributed by atoms with Crippen LogP contribution in [0.4, 0.5) is 0 Å². The second-order valence-corrected chi connectivity index (χ2v) is 6.58. The van der Waals surface area contributed by atoms with Crippen molar-refractivity contribution in [2.24, 2.45) is 0 Å². The van der Waals surface area contributed by atoms with Gasteiger partial charge >= 0.3 is 11.9 Å². The lowest BCUT2D eigenvalue weighted by Crippen LogP contribution is -2.48. The number of ketones is 1. The van der Waals surface area contributed by atoms with E-state index >= 15 is 0 Å². The number of carboxylic acids is 2. The topological polar surface area (TPSA) is 125 Å². The summed E-state index contributed by atoms with van der Waals surface area (Å²) in [7, 11) is 0. The average molecular weight is 374 g/mol. The molecule has 150 valence electrons. The molecule has 0 aliphatic carbocycles. The van der Waals surface area contributed by atoms with Crippen LogP contribution in [-0.2, 0) is 14.4 Å². The van der Waals surface area contributed by atoms with Gasteiger partial charge in [0.1, 0.15) is 5.78 Å². The Hall–Kier alpha value is -1.59. The monoisotopic (exact) mass is 374 g/mol. The lowest BCUT2D eigenvalue weighted by atomic mass is 10.3. The van der Waals surface area contributed by atoms with Gasteiger partial charge in [0.2, 0.25) is 0 Å². The Labute approximate surface area is 153 Å². The molecule has 0 unspecified atom stereocenters. The number of aliphatic hydroxyl groups is 1. The molecule has 0 saturated carbocycles. The van der Waals surface area contributed by atoms with Gasteiger partial charge < -0.3 is 15.3 Å². The predicted molar refractivity (Wildman–Crippen MR) is 93.9 cm³/mol. The van der Waals surface area contributed by atoms with Crippen LogP contribution < -0.4 is 0 Å². The number of hydrogen-bond acceptors (Lipinski definition) is 8. The van der Waals surface area contributed by atoms with Crippen LogP contribution in [0.3, 0.4) is 0 Å². The van der Waals surface area contributed by atoms with Crippen molar-refractivity contribution in [1.29, 1.82) is 0 Å². The molecule has 1 fully saturated rings. The van der Waals surface area contributed by atoms with Crippen LogP contribution in [0.2, 0.25) is 0 Å². The molecule has 0 aromatic rings. The summed E-state index contributed by atoms with van der Waals surface area (Å²) in [5, 5.41) is 27.6. The molecular weight excluding hydrogens is 344 g/mol. The van der Waals surface area contributed by atoms with E-state index in [1.807, 2.05) is 4.90 Å². The van der Waals surface area contributed by atoms with E-state index in [-0.39, 0.29) is 32.1 Å². The number of aliphatic carboxylic acids is 2. The quantitative estimate of drug-likeness (QED) is 0.457. The first kappa shape index (κ1) is 22.5. The van der Waals surface area contributed by atoms with Gasteiger partial charge in [-0.1, -0.05) is 0 Å². The molecule has 1 aliphatic rings. The van der Waals surface area contributed by atoms with Crippen LogP contribution in [-0.4, -0.2) is 131 Å². The Morgan fingerprint density at radius 3 is 1.23 bits per heavy atom. The van der Waals surface area contributed by atoms with Gasteiger partial charge in [-0.3, -0.25) is 34.0 Å². The van der Waals surface area contributed by atoms with Crippen LogP contribution in [0.5, 0.6) is 0 Å². The highest BCUT2D eigenvalue weighted by Crippen LogP contribution is 2.01. The summed E-state index contributed by atoms with van der Waals surface area (Å²) < 4.78 is 0. The molecule has 1 saturated heterocycles. The Bertz CT molecular complexity index is 444. The normalized spacial score (nSPS) is 20.2. The molecule has 0 amide bonds. The maximum atomic E-state index is 11.5. The fourth-order valence-electron chi connectivity index (χ4n) is 2.89.